The Labute approximate surface area is 99.8 Å². The monoisotopic (exact) mass is 231 g/mol. The minimum Gasteiger partial charge on any atom is -0.399 e. The average Bonchev–Trinajstić information content (AvgIpc) is 2.32. The van der Waals surface area contributed by atoms with Gasteiger partial charge in [0.2, 0.25) is 0 Å². The summed E-state index contributed by atoms with van der Waals surface area (Å²) in [6.45, 7) is 0.902. The molecule has 0 amide bonds. The van der Waals surface area contributed by atoms with E-state index in [1.54, 1.807) is 6.07 Å². The van der Waals surface area contributed by atoms with Crippen molar-refractivity contribution < 1.29 is 9.13 Å². The predicted octanol–water partition coefficient (Wildman–Crippen LogP) is 3.12. The predicted molar refractivity (Wildman–Crippen MR) is 65.7 cm³/mol. The fourth-order valence-electron chi connectivity index (χ4n) is 1.53. The van der Waals surface area contributed by atoms with Crippen molar-refractivity contribution in [3.63, 3.8) is 0 Å². The Morgan fingerprint density at radius 2 is 1.65 bits per heavy atom. The summed E-state index contributed by atoms with van der Waals surface area (Å²) in [4.78, 5) is 0. The Bertz CT molecular complexity index is 482. The Morgan fingerprint density at radius 1 is 0.941 bits per heavy atom. The zero-order valence-electron chi connectivity index (χ0n) is 9.40. The van der Waals surface area contributed by atoms with Gasteiger partial charge in [-0.05, 0) is 35.4 Å². The number of rotatable bonds is 4. The van der Waals surface area contributed by atoms with E-state index in [-0.39, 0.29) is 5.82 Å². The molecular formula is C14H14FNO. The Hall–Kier alpha value is -1.87. The molecule has 0 saturated heterocycles. The van der Waals surface area contributed by atoms with Crippen LogP contribution in [0.15, 0.2) is 48.5 Å². The summed E-state index contributed by atoms with van der Waals surface area (Å²) in [7, 11) is 0. The van der Waals surface area contributed by atoms with E-state index in [0.717, 1.165) is 16.8 Å². The van der Waals surface area contributed by atoms with Gasteiger partial charge in [-0.3, -0.25) is 0 Å². The summed E-state index contributed by atoms with van der Waals surface area (Å²) in [6, 6.07) is 13.9. The van der Waals surface area contributed by atoms with E-state index in [1.807, 2.05) is 30.3 Å². The highest BCUT2D eigenvalue weighted by molar-refractivity contribution is 5.39. The zero-order valence-corrected chi connectivity index (χ0v) is 9.40. The van der Waals surface area contributed by atoms with E-state index >= 15 is 0 Å². The van der Waals surface area contributed by atoms with E-state index in [0.29, 0.717) is 13.2 Å². The molecule has 0 fully saturated rings. The number of nitrogens with two attached hydrogens (primary N) is 1. The van der Waals surface area contributed by atoms with Crippen molar-refractivity contribution in [3.8, 4) is 0 Å². The molecule has 0 aliphatic rings. The summed E-state index contributed by atoms with van der Waals surface area (Å²) < 4.78 is 18.4. The maximum absolute atomic E-state index is 12.9. The van der Waals surface area contributed by atoms with Crippen molar-refractivity contribution in [1.29, 1.82) is 0 Å². The molecule has 0 aromatic heterocycles. The van der Waals surface area contributed by atoms with Crippen LogP contribution in [0.1, 0.15) is 11.1 Å². The minimum atomic E-state index is -0.237. The molecule has 0 radical (unpaired) electrons. The van der Waals surface area contributed by atoms with Crippen molar-refractivity contribution in [2.24, 2.45) is 0 Å². The van der Waals surface area contributed by atoms with Gasteiger partial charge in [-0.1, -0.05) is 24.3 Å². The molecule has 0 spiro atoms. The SMILES string of the molecule is Nc1ccc(COCc2cccc(F)c2)cc1. The summed E-state index contributed by atoms with van der Waals surface area (Å²) >= 11 is 0. The molecule has 2 aromatic rings. The molecule has 2 N–H and O–H groups in total. The third-order valence-electron chi connectivity index (χ3n) is 2.41. The van der Waals surface area contributed by atoms with Gasteiger partial charge in [-0.2, -0.15) is 0 Å². The van der Waals surface area contributed by atoms with Crippen molar-refractivity contribution >= 4 is 5.69 Å². The highest BCUT2D eigenvalue weighted by Crippen LogP contribution is 2.09. The molecule has 0 atom stereocenters. The molecule has 2 rings (SSSR count). The zero-order chi connectivity index (χ0) is 12.1. The normalized spacial score (nSPS) is 10.4. The van der Waals surface area contributed by atoms with Crippen molar-refractivity contribution in [1.82, 2.24) is 0 Å². The van der Waals surface area contributed by atoms with Crippen LogP contribution in [0.3, 0.4) is 0 Å². The topological polar surface area (TPSA) is 35.2 Å². The number of nitrogen functional groups attached to an aromatic ring is 1. The van der Waals surface area contributed by atoms with Gasteiger partial charge in [-0.25, -0.2) is 4.39 Å². The second-order valence-corrected chi connectivity index (χ2v) is 3.86. The summed E-state index contributed by atoms with van der Waals surface area (Å²) in [6.07, 6.45) is 0. The Morgan fingerprint density at radius 3 is 2.35 bits per heavy atom. The number of halogens is 1. The lowest BCUT2D eigenvalue weighted by Crippen LogP contribution is -1.95. The first-order valence-corrected chi connectivity index (χ1v) is 5.40. The third-order valence-corrected chi connectivity index (χ3v) is 2.41. The highest BCUT2D eigenvalue weighted by Gasteiger charge is 1.97. The van der Waals surface area contributed by atoms with E-state index in [9.17, 15) is 4.39 Å². The number of benzene rings is 2. The minimum absolute atomic E-state index is 0.237. The summed E-state index contributed by atoms with van der Waals surface area (Å²) in [5, 5.41) is 0. The largest absolute Gasteiger partial charge is 0.399 e. The fourth-order valence-corrected chi connectivity index (χ4v) is 1.53. The lowest BCUT2D eigenvalue weighted by molar-refractivity contribution is 0.107. The van der Waals surface area contributed by atoms with Gasteiger partial charge in [0.05, 0.1) is 13.2 Å². The maximum Gasteiger partial charge on any atom is 0.123 e. The lowest BCUT2D eigenvalue weighted by atomic mass is 10.2. The molecule has 0 unspecified atom stereocenters. The van der Waals surface area contributed by atoms with Crippen LogP contribution < -0.4 is 5.73 Å². The van der Waals surface area contributed by atoms with Crippen LogP contribution >= 0.6 is 0 Å². The first-order chi connectivity index (χ1) is 8.24. The molecule has 17 heavy (non-hydrogen) atoms. The first kappa shape index (κ1) is 11.6. The number of anilines is 1. The quantitative estimate of drug-likeness (QED) is 0.820. The maximum atomic E-state index is 12.9. The van der Waals surface area contributed by atoms with Gasteiger partial charge in [-0.15, -0.1) is 0 Å². The van der Waals surface area contributed by atoms with Gasteiger partial charge >= 0.3 is 0 Å². The van der Waals surface area contributed by atoms with Crippen LogP contribution in [0.2, 0.25) is 0 Å². The van der Waals surface area contributed by atoms with E-state index in [2.05, 4.69) is 0 Å². The molecule has 2 nitrogen and oxygen atoms in total. The van der Waals surface area contributed by atoms with Crippen molar-refractivity contribution in [2.75, 3.05) is 5.73 Å². The first-order valence-electron chi connectivity index (χ1n) is 5.40. The van der Waals surface area contributed by atoms with E-state index in [4.69, 9.17) is 10.5 Å². The van der Waals surface area contributed by atoms with E-state index < -0.39 is 0 Å². The van der Waals surface area contributed by atoms with Crippen LogP contribution in [-0.2, 0) is 18.0 Å². The van der Waals surface area contributed by atoms with Crippen molar-refractivity contribution in [3.05, 3.63) is 65.5 Å². The Kier molecular flexibility index (Phi) is 3.73. The van der Waals surface area contributed by atoms with Gasteiger partial charge in [0, 0.05) is 5.69 Å². The molecule has 0 heterocycles. The van der Waals surface area contributed by atoms with Crippen LogP contribution in [-0.4, -0.2) is 0 Å². The van der Waals surface area contributed by atoms with Crippen LogP contribution in [0.25, 0.3) is 0 Å². The molecule has 0 saturated carbocycles. The molecule has 3 heteroatoms. The Balaban J connectivity index is 1.85. The van der Waals surface area contributed by atoms with Gasteiger partial charge in [0.1, 0.15) is 5.82 Å². The van der Waals surface area contributed by atoms with E-state index in [1.165, 1.54) is 12.1 Å². The standard InChI is InChI=1S/C14H14FNO/c15-13-3-1-2-12(8-13)10-17-9-11-4-6-14(16)7-5-11/h1-8H,9-10,16H2. The van der Waals surface area contributed by atoms with Crippen LogP contribution in [0, 0.1) is 5.82 Å². The summed E-state index contributed by atoms with van der Waals surface area (Å²) in [5.74, 6) is -0.237. The highest BCUT2D eigenvalue weighted by atomic mass is 19.1. The van der Waals surface area contributed by atoms with Crippen LogP contribution in [0.4, 0.5) is 10.1 Å². The second-order valence-electron chi connectivity index (χ2n) is 3.86. The smallest absolute Gasteiger partial charge is 0.123 e. The molecule has 2 aromatic carbocycles. The second kappa shape index (κ2) is 5.46. The molecule has 0 aliphatic carbocycles. The number of hydrogen-bond donors (Lipinski definition) is 1. The van der Waals surface area contributed by atoms with Gasteiger partial charge in [0.15, 0.2) is 0 Å². The summed E-state index contributed by atoms with van der Waals surface area (Å²) in [5.41, 5.74) is 8.20. The average molecular weight is 231 g/mol. The van der Waals surface area contributed by atoms with Crippen molar-refractivity contribution in [2.45, 2.75) is 13.2 Å². The molecule has 88 valence electrons. The number of ether oxygens (including phenoxy) is 1. The number of hydrogen-bond acceptors (Lipinski definition) is 2. The van der Waals surface area contributed by atoms with Crippen LogP contribution in [0.5, 0.6) is 0 Å². The third kappa shape index (κ3) is 3.57. The van der Waals surface area contributed by atoms with Gasteiger partial charge < -0.3 is 10.5 Å². The molecular weight excluding hydrogens is 217 g/mol. The molecule has 0 bridgehead atoms. The lowest BCUT2D eigenvalue weighted by Gasteiger charge is -2.05. The molecule has 0 aliphatic heterocycles. The fraction of sp³-hybridized carbons (Fsp3) is 0.143. The van der Waals surface area contributed by atoms with Gasteiger partial charge in [0.25, 0.3) is 0 Å².